The average Bonchev–Trinajstić information content (AvgIpc) is 2.85. The first kappa shape index (κ1) is 12.8. The predicted octanol–water partition coefficient (Wildman–Crippen LogP) is 1.94. The molecule has 0 saturated heterocycles. The van der Waals surface area contributed by atoms with E-state index >= 15 is 0 Å². The normalized spacial score (nSPS) is 14.1. The first-order chi connectivity index (χ1) is 9.49. The molecule has 0 bridgehead atoms. The maximum Gasteiger partial charge on any atom is 0.299 e. The number of benzene rings is 1. The quantitative estimate of drug-likeness (QED) is 0.795. The van der Waals surface area contributed by atoms with Gasteiger partial charge < -0.3 is 4.57 Å². The Morgan fingerprint density at radius 2 is 2.10 bits per heavy atom. The van der Waals surface area contributed by atoms with Gasteiger partial charge in [0.25, 0.3) is 11.7 Å². The summed E-state index contributed by atoms with van der Waals surface area (Å²) in [6.07, 6.45) is 1.45. The SMILES string of the molecule is Cn1c(Cl)cnc1CN1C(=O)C(=O)c2ccc(F)cc21. The van der Waals surface area contributed by atoms with Crippen LogP contribution in [0.25, 0.3) is 0 Å². The third-order valence-electron chi connectivity index (χ3n) is 3.26. The van der Waals surface area contributed by atoms with Crippen LogP contribution in [-0.2, 0) is 18.4 Å². The lowest BCUT2D eigenvalue weighted by Gasteiger charge is -2.16. The maximum atomic E-state index is 13.3. The zero-order chi connectivity index (χ0) is 14.4. The molecule has 1 amide bonds. The number of ketones is 1. The van der Waals surface area contributed by atoms with Crippen molar-refractivity contribution >= 4 is 29.0 Å². The number of imidazole rings is 1. The van der Waals surface area contributed by atoms with Crippen LogP contribution in [0.3, 0.4) is 0 Å². The van der Waals surface area contributed by atoms with Gasteiger partial charge in [-0.05, 0) is 18.2 Å². The van der Waals surface area contributed by atoms with E-state index in [4.69, 9.17) is 11.6 Å². The summed E-state index contributed by atoms with van der Waals surface area (Å²) in [5.41, 5.74) is 0.468. The molecule has 7 heteroatoms. The number of hydrogen-bond acceptors (Lipinski definition) is 3. The fraction of sp³-hybridized carbons (Fsp3) is 0.154. The molecular formula is C13H9ClFN3O2. The Labute approximate surface area is 118 Å². The number of anilines is 1. The second kappa shape index (κ2) is 4.42. The average molecular weight is 294 g/mol. The number of fused-ring (bicyclic) bond motifs is 1. The van der Waals surface area contributed by atoms with Crippen molar-refractivity contribution in [2.45, 2.75) is 6.54 Å². The van der Waals surface area contributed by atoms with E-state index in [-0.39, 0.29) is 17.8 Å². The van der Waals surface area contributed by atoms with Gasteiger partial charge in [0, 0.05) is 7.05 Å². The maximum absolute atomic E-state index is 13.3. The zero-order valence-corrected chi connectivity index (χ0v) is 11.2. The van der Waals surface area contributed by atoms with Crippen LogP contribution in [0.1, 0.15) is 16.2 Å². The molecule has 1 aliphatic rings. The highest BCUT2D eigenvalue weighted by atomic mass is 35.5. The van der Waals surface area contributed by atoms with Crippen LogP contribution in [0.2, 0.25) is 5.15 Å². The molecule has 0 radical (unpaired) electrons. The van der Waals surface area contributed by atoms with Crippen molar-refractivity contribution in [1.29, 1.82) is 0 Å². The Kier molecular flexibility index (Phi) is 2.83. The van der Waals surface area contributed by atoms with Crippen LogP contribution in [0, 0.1) is 5.82 Å². The van der Waals surface area contributed by atoms with Crippen LogP contribution in [0.5, 0.6) is 0 Å². The molecule has 0 unspecified atom stereocenters. The van der Waals surface area contributed by atoms with Crippen molar-refractivity contribution in [2.24, 2.45) is 7.05 Å². The van der Waals surface area contributed by atoms with E-state index in [0.29, 0.717) is 11.0 Å². The van der Waals surface area contributed by atoms with Gasteiger partial charge in [-0.3, -0.25) is 14.5 Å². The second-order valence-electron chi connectivity index (χ2n) is 4.44. The number of nitrogens with zero attached hydrogens (tertiary/aromatic N) is 3. The summed E-state index contributed by atoms with van der Waals surface area (Å²) in [5.74, 6) is -1.33. The Morgan fingerprint density at radius 1 is 1.35 bits per heavy atom. The van der Waals surface area contributed by atoms with E-state index in [1.165, 1.54) is 23.2 Å². The zero-order valence-electron chi connectivity index (χ0n) is 10.4. The highest BCUT2D eigenvalue weighted by Gasteiger charge is 2.36. The Hall–Kier alpha value is -2.21. The molecule has 0 atom stereocenters. The van der Waals surface area contributed by atoms with Gasteiger partial charge in [0.2, 0.25) is 0 Å². The van der Waals surface area contributed by atoms with Gasteiger partial charge in [0.05, 0.1) is 24.0 Å². The van der Waals surface area contributed by atoms with E-state index in [0.717, 1.165) is 6.07 Å². The molecule has 5 nitrogen and oxygen atoms in total. The van der Waals surface area contributed by atoms with Crippen molar-refractivity contribution in [3.63, 3.8) is 0 Å². The molecule has 2 heterocycles. The van der Waals surface area contributed by atoms with Gasteiger partial charge in [0.15, 0.2) is 0 Å². The molecule has 2 aromatic rings. The van der Waals surface area contributed by atoms with Gasteiger partial charge in [-0.25, -0.2) is 9.37 Å². The van der Waals surface area contributed by atoms with Crippen LogP contribution < -0.4 is 4.90 Å². The van der Waals surface area contributed by atoms with E-state index in [2.05, 4.69) is 4.98 Å². The molecule has 3 rings (SSSR count). The van der Waals surface area contributed by atoms with Crippen LogP contribution >= 0.6 is 11.6 Å². The number of Topliss-reactive ketones (excluding diaryl/α,β-unsaturated/α-hetero) is 1. The molecule has 1 aliphatic heterocycles. The third kappa shape index (κ3) is 1.80. The number of amides is 1. The molecule has 0 spiro atoms. The summed E-state index contributed by atoms with van der Waals surface area (Å²) in [5, 5.41) is 0.414. The minimum Gasteiger partial charge on any atom is -0.321 e. The lowest BCUT2D eigenvalue weighted by Crippen LogP contribution is -2.30. The first-order valence-corrected chi connectivity index (χ1v) is 6.18. The van der Waals surface area contributed by atoms with Crippen LogP contribution in [0.15, 0.2) is 24.4 Å². The number of hydrogen-bond donors (Lipinski definition) is 0. The largest absolute Gasteiger partial charge is 0.321 e. The van der Waals surface area contributed by atoms with Gasteiger partial charge in [-0.2, -0.15) is 0 Å². The topological polar surface area (TPSA) is 55.2 Å². The van der Waals surface area contributed by atoms with Gasteiger partial charge in [0.1, 0.15) is 16.8 Å². The fourth-order valence-corrected chi connectivity index (χ4v) is 2.28. The predicted molar refractivity (Wildman–Crippen MR) is 70.1 cm³/mol. The highest BCUT2D eigenvalue weighted by Crippen LogP contribution is 2.31. The molecule has 102 valence electrons. The second-order valence-corrected chi connectivity index (χ2v) is 4.83. The van der Waals surface area contributed by atoms with E-state index in [9.17, 15) is 14.0 Å². The Morgan fingerprint density at radius 3 is 2.75 bits per heavy atom. The number of carbonyl (C=O) groups excluding carboxylic acids is 2. The number of aromatic nitrogens is 2. The van der Waals surface area contributed by atoms with E-state index < -0.39 is 17.5 Å². The lowest BCUT2D eigenvalue weighted by molar-refractivity contribution is -0.114. The van der Waals surface area contributed by atoms with Crippen molar-refractivity contribution < 1.29 is 14.0 Å². The molecule has 0 N–H and O–H groups in total. The van der Waals surface area contributed by atoms with Gasteiger partial charge >= 0.3 is 0 Å². The molecular weight excluding hydrogens is 285 g/mol. The summed E-state index contributed by atoms with van der Waals surface area (Å²) in [6, 6.07) is 3.64. The van der Waals surface area contributed by atoms with Crippen LogP contribution in [0.4, 0.5) is 10.1 Å². The van der Waals surface area contributed by atoms with E-state index in [1.807, 2.05) is 0 Å². The lowest BCUT2D eigenvalue weighted by atomic mass is 10.1. The van der Waals surface area contributed by atoms with Crippen molar-refractivity contribution in [3.8, 4) is 0 Å². The summed E-state index contributed by atoms with van der Waals surface area (Å²) >= 11 is 5.88. The van der Waals surface area contributed by atoms with Crippen LogP contribution in [-0.4, -0.2) is 21.2 Å². The van der Waals surface area contributed by atoms with Crippen molar-refractivity contribution in [3.05, 3.63) is 46.8 Å². The smallest absolute Gasteiger partial charge is 0.299 e. The minimum absolute atomic E-state index is 0.0598. The fourth-order valence-electron chi connectivity index (χ4n) is 2.14. The standard InChI is InChI=1S/C13H9ClFN3O2/c1-17-10(14)5-16-11(17)6-18-9-4-7(15)2-3-8(9)12(19)13(18)20/h2-5H,6H2,1H3. The van der Waals surface area contributed by atoms with E-state index in [1.54, 1.807) is 11.6 Å². The number of rotatable bonds is 2. The summed E-state index contributed by atoms with van der Waals surface area (Å²) in [6.45, 7) is 0.0598. The Bertz CT molecular complexity index is 741. The molecule has 0 saturated carbocycles. The third-order valence-corrected chi connectivity index (χ3v) is 3.61. The molecule has 20 heavy (non-hydrogen) atoms. The highest BCUT2D eigenvalue weighted by molar-refractivity contribution is 6.52. The summed E-state index contributed by atoms with van der Waals surface area (Å²) in [7, 11) is 1.69. The van der Waals surface area contributed by atoms with Crippen molar-refractivity contribution in [2.75, 3.05) is 4.90 Å². The van der Waals surface area contributed by atoms with Gasteiger partial charge in [-0.15, -0.1) is 0 Å². The Balaban J connectivity index is 2.03. The summed E-state index contributed by atoms with van der Waals surface area (Å²) in [4.78, 5) is 29.1. The summed E-state index contributed by atoms with van der Waals surface area (Å²) < 4.78 is 14.9. The first-order valence-electron chi connectivity index (χ1n) is 5.81. The molecule has 0 aliphatic carbocycles. The molecule has 1 aromatic carbocycles. The number of carbonyl (C=O) groups is 2. The monoisotopic (exact) mass is 293 g/mol. The number of halogens is 2. The minimum atomic E-state index is -0.690. The molecule has 1 aromatic heterocycles. The van der Waals surface area contributed by atoms with Crippen molar-refractivity contribution in [1.82, 2.24) is 9.55 Å². The molecule has 0 fully saturated rings. The van der Waals surface area contributed by atoms with Gasteiger partial charge in [-0.1, -0.05) is 11.6 Å².